The highest BCUT2D eigenvalue weighted by molar-refractivity contribution is 5.95. The Kier molecular flexibility index (Phi) is 9.34. The zero-order valence-corrected chi connectivity index (χ0v) is 25.1. The molecule has 3 aromatic rings. The summed E-state index contributed by atoms with van der Waals surface area (Å²) < 4.78 is 10.9. The van der Waals surface area contributed by atoms with Crippen molar-refractivity contribution in [3.8, 4) is 22.6 Å². The van der Waals surface area contributed by atoms with Gasteiger partial charge in [0.2, 0.25) is 5.91 Å². The summed E-state index contributed by atoms with van der Waals surface area (Å²) in [5, 5.41) is 10.1. The van der Waals surface area contributed by atoms with Crippen molar-refractivity contribution in [3.05, 3.63) is 77.4 Å². The molecule has 1 amide bonds. The molecule has 1 N–H and O–H groups in total. The first-order valence-electron chi connectivity index (χ1n) is 15.2. The van der Waals surface area contributed by atoms with E-state index in [0.717, 1.165) is 78.9 Å². The van der Waals surface area contributed by atoms with Crippen molar-refractivity contribution in [2.24, 2.45) is 11.8 Å². The van der Waals surface area contributed by atoms with Crippen molar-refractivity contribution in [2.75, 3.05) is 25.7 Å². The summed E-state index contributed by atoms with van der Waals surface area (Å²) >= 11 is 0. The maximum absolute atomic E-state index is 14.1. The van der Waals surface area contributed by atoms with Gasteiger partial charge in [0.25, 0.3) is 0 Å². The summed E-state index contributed by atoms with van der Waals surface area (Å²) in [6.45, 7) is 4.92. The van der Waals surface area contributed by atoms with Crippen LogP contribution in [0.2, 0.25) is 0 Å². The van der Waals surface area contributed by atoms with Gasteiger partial charge in [0.1, 0.15) is 11.5 Å². The van der Waals surface area contributed by atoms with Crippen LogP contribution in [0.25, 0.3) is 11.1 Å². The Morgan fingerprint density at radius 3 is 2.05 bits per heavy atom. The SMILES string of the molecule is COc1ccc(-c2cccc(N(C[C@H]3CC[C@H](c4ccc(OC)c(C)c4)CC3)C(=O)[C@H]3CC[C@H](O)CC3)c2)cc1C. The number of rotatable bonds is 8. The smallest absolute Gasteiger partial charge is 0.230 e. The third-order valence-electron chi connectivity index (χ3n) is 9.38. The first-order valence-corrected chi connectivity index (χ1v) is 15.2. The Labute approximate surface area is 245 Å². The summed E-state index contributed by atoms with van der Waals surface area (Å²) in [5.74, 6) is 3.04. The molecule has 0 aliphatic heterocycles. The molecule has 5 heteroatoms. The van der Waals surface area contributed by atoms with Crippen molar-refractivity contribution in [3.63, 3.8) is 0 Å². The van der Waals surface area contributed by atoms with Crippen LogP contribution in [0.1, 0.15) is 74.0 Å². The van der Waals surface area contributed by atoms with Gasteiger partial charge in [-0.05, 0) is 135 Å². The molecule has 2 aliphatic carbocycles. The molecule has 0 atom stereocenters. The number of methoxy groups -OCH3 is 2. The van der Waals surface area contributed by atoms with Crippen molar-refractivity contribution < 1.29 is 19.4 Å². The summed E-state index contributed by atoms with van der Waals surface area (Å²) in [4.78, 5) is 16.1. The summed E-state index contributed by atoms with van der Waals surface area (Å²) in [5.41, 5.74) is 6.87. The Balaban J connectivity index is 1.35. The third kappa shape index (κ3) is 6.78. The van der Waals surface area contributed by atoms with Crippen molar-refractivity contribution >= 4 is 11.6 Å². The van der Waals surface area contributed by atoms with Crippen LogP contribution in [-0.4, -0.2) is 37.9 Å². The Morgan fingerprint density at radius 2 is 1.41 bits per heavy atom. The van der Waals surface area contributed by atoms with Gasteiger partial charge in [0, 0.05) is 18.2 Å². The molecule has 41 heavy (non-hydrogen) atoms. The minimum Gasteiger partial charge on any atom is -0.496 e. The highest BCUT2D eigenvalue weighted by Crippen LogP contribution is 2.39. The molecule has 0 aromatic heterocycles. The van der Waals surface area contributed by atoms with E-state index in [-0.39, 0.29) is 17.9 Å². The lowest BCUT2D eigenvalue weighted by atomic mass is 9.78. The zero-order chi connectivity index (χ0) is 28.9. The molecular weight excluding hydrogens is 510 g/mol. The number of aryl methyl sites for hydroxylation is 2. The first-order chi connectivity index (χ1) is 19.9. The second-order valence-electron chi connectivity index (χ2n) is 12.1. The topological polar surface area (TPSA) is 59.0 Å². The molecular formula is C36H45NO4. The number of aliphatic hydroxyl groups is 1. The molecule has 218 valence electrons. The van der Waals surface area contributed by atoms with E-state index >= 15 is 0 Å². The Bertz CT molecular complexity index is 1340. The molecule has 5 nitrogen and oxygen atoms in total. The maximum Gasteiger partial charge on any atom is 0.230 e. The van der Waals surface area contributed by atoms with E-state index in [2.05, 4.69) is 73.3 Å². The second kappa shape index (κ2) is 13.1. The van der Waals surface area contributed by atoms with Crippen molar-refractivity contribution in [2.45, 2.75) is 77.2 Å². The number of benzene rings is 3. The number of hydrogen-bond donors (Lipinski definition) is 1. The second-order valence-corrected chi connectivity index (χ2v) is 12.1. The number of nitrogens with zero attached hydrogens (tertiary/aromatic N) is 1. The van der Waals surface area contributed by atoms with E-state index in [1.54, 1.807) is 14.2 Å². The van der Waals surface area contributed by atoms with E-state index in [4.69, 9.17) is 9.47 Å². The Morgan fingerprint density at radius 1 is 0.780 bits per heavy atom. The van der Waals surface area contributed by atoms with Gasteiger partial charge in [0.05, 0.1) is 20.3 Å². The van der Waals surface area contributed by atoms with Gasteiger partial charge >= 0.3 is 0 Å². The lowest BCUT2D eigenvalue weighted by molar-refractivity contribution is -0.124. The van der Waals surface area contributed by atoms with E-state index in [1.165, 1.54) is 11.1 Å². The molecule has 0 unspecified atom stereocenters. The van der Waals surface area contributed by atoms with Crippen LogP contribution in [0.3, 0.4) is 0 Å². The molecule has 3 aromatic carbocycles. The molecule has 0 radical (unpaired) electrons. The first kappa shape index (κ1) is 29.2. The minimum absolute atomic E-state index is 0.0242. The van der Waals surface area contributed by atoms with Crippen LogP contribution in [0, 0.1) is 25.7 Å². The molecule has 0 bridgehead atoms. The standard InChI is InChI=1S/C36H45NO4/c1-24-20-30(14-18-34(24)40-3)27-10-8-26(9-11-27)23-37(36(39)28-12-16-33(38)17-13-28)32-7-5-6-29(22-32)31-15-19-35(41-4)25(2)21-31/h5-7,14-15,18-22,26-28,33,38H,8-13,16-17,23H2,1-4H3/t26-,27-,28-,33-. The van der Waals surface area contributed by atoms with Crippen LogP contribution in [-0.2, 0) is 4.79 Å². The fourth-order valence-electron chi connectivity index (χ4n) is 6.87. The van der Waals surface area contributed by atoms with Crippen molar-refractivity contribution in [1.82, 2.24) is 0 Å². The van der Waals surface area contributed by atoms with E-state index in [1.807, 2.05) is 6.07 Å². The normalized spacial score (nSPS) is 22.7. The number of carbonyl (C=O) groups is 1. The van der Waals surface area contributed by atoms with E-state index in [9.17, 15) is 9.90 Å². The molecule has 5 rings (SSSR count). The van der Waals surface area contributed by atoms with Gasteiger partial charge in [-0.15, -0.1) is 0 Å². The summed E-state index contributed by atoms with van der Waals surface area (Å²) in [7, 11) is 3.42. The lowest BCUT2D eigenvalue weighted by Crippen LogP contribution is -2.41. The van der Waals surface area contributed by atoms with Gasteiger partial charge in [0.15, 0.2) is 0 Å². The number of anilines is 1. The average molecular weight is 556 g/mol. The predicted octanol–water partition coefficient (Wildman–Crippen LogP) is 7.85. The molecule has 2 saturated carbocycles. The lowest BCUT2D eigenvalue weighted by Gasteiger charge is -2.36. The Hall–Kier alpha value is -3.31. The van der Waals surface area contributed by atoms with E-state index in [0.29, 0.717) is 24.7 Å². The summed E-state index contributed by atoms with van der Waals surface area (Å²) in [6, 6.07) is 21.3. The van der Waals surface area contributed by atoms with Crippen LogP contribution in [0.15, 0.2) is 60.7 Å². The minimum atomic E-state index is -0.272. The van der Waals surface area contributed by atoms with Gasteiger partial charge in [-0.1, -0.05) is 30.3 Å². The molecule has 0 saturated heterocycles. The van der Waals surface area contributed by atoms with Gasteiger partial charge in [-0.3, -0.25) is 4.79 Å². The molecule has 0 heterocycles. The van der Waals surface area contributed by atoms with Crippen LogP contribution >= 0.6 is 0 Å². The zero-order valence-electron chi connectivity index (χ0n) is 25.1. The maximum atomic E-state index is 14.1. The number of ether oxygens (including phenoxy) is 2. The number of carbonyl (C=O) groups excluding carboxylic acids is 1. The third-order valence-corrected chi connectivity index (χ3v) is 9.38. The van der Waals surface area contributed by atoms with Gasteiger partial charge in [-0.2, -0.15) is 0 Å². The number of amides is 1. The van der Waals surface area contributed by atoms with Crippen molar-refractivity contribution in [1.29, 1.82) is 0 Å². The molecule has 0 spiro atoms. The van der Waals surface area contributed by atoms with E-state index < -0.39 is 0 Å². The monoisotopic (exact) mass is 555 g/mol. The van der Waals surface area contributed by atoms with Crippen LogP contribution in [0.4, 0.5) is 5.69 Å². The number of hydrogen-bond acceptors (Lipinski definition) is 4. The largest absolute Gasteiger partial charge is 0.496 e. The predicted molar refractivity (Wildman–Crippen MR) is 166 cm³/mol. The van der Waals surface area contributed by atoms with Crippen LogP contribution in [0.5, 0.6) is 11.5 Å². The number of aliphatic hydroxyl groups excluding tert-OH is 1. The fourth-order valence-corrected chi connectivity index (χ4v) is 6.87. The quantitative estimate of drug-likeness (QED) is 0.308. The molecule has 2 fully saturated rings. The fraction of sp³-hybridized carbons (Fsp3) is 0.472. The average Bonchev–Trinajstić information content (AvgIpc) is 3.00. The van der Waals surface area contributed by atoms with Crippen LogP contribution < -0.4 is 14.4 Å². The highest BCUT2D eigenvalue weighted by Gasteiger charge is 2.32. The highest BCUT2D eigenvalue weighted by atomic mass is 16.5. The summed E-state index contributed by atoms with van der Waals surface area (Å²) in [6.07, 6.45) is 7.17. The molecule has 2 aliphatic rings. The van der Waals surface area contributed by atoms with Gasteiger partial charge in [-0.25, -0.2) is 0 Å². The van der Waals surface area contributed by atoms with Gasteiger partial charge < -0.3 is 19.5 Å².